The molecule has 0 spiro atoms. The molecule has 0 saturated heterocycles. The molecule has 0 fully saturated rings. The Kier molecular flexibility index (Phi) is 4.96. The van der Waals surface area contributed by atoms with Crippen molar-refractivity contribution in [1.29, 1.82) is 0 Å². The van der Waals surface area contributed by atoms with Gasteiger partial charge in [0.25, 0.3) is 0 Å². The third-order valence-corrected chi connectivity index (χ3v) is 3.35. The topological polar surface area (TPSA) is 46.5 Å². The monoisotopic (exact) mass is 286 g/mol. The molecule has 0 radical (unpaired) electrons. The van der Waals surface area contributed by atoms with E-state index in [-0.39, 0.29) is 17.2 Å². The number of aliphatic hydroxyl groups excluding tert-OH is 1. The molecule has 0 aliphatic rings. The third-order valence-electron chi connectivity index (χ3n) is 2.22. The Balaban J connectivity index is 3.20. The normalized spacial score (nSPS) is 12.2. The fourth-order valence-corrected chi connectivity index (χ4v) is 1.83. The number of para-hydroxylation sites is 1. The van der Waals surface area contributed by atoms with E-state index in [0.29, 0.717) is 17.9 Å². The van der Waals surface area contributed by atoms with Gasteiger partial charge in [-0.1, -0.05) is 34.1 Å². The van der Waals surface area contributed by atoms with Crippen LogP contribution in [0.5, 0.6) is 5.75 Å². The lowest BCUT2D eigenvalue weighted by Gasteiger charge is -2.16. The van der Waals surface area contributed by atoms with Crippen molar-refractivity contribution in [3.8, 4) is 5.75 Å². The Morgan fingerprint density at radius 1 is 1.56 bits per heavy atom. The quantitative estimate of drug-likeness (QED) is 0.847. The van der Waals surface area contributed by atoms with Gasteiger partial charge in [0.2, 0.25) is 0 Å². The van der Waals surface area contributed by atoms with Crippen LogP contribution in [0.1, 0.15) is 29.8 Å². The maximum atomic E-state index is 11.3. The number of halogens is 1. The second kappa shape index (κ2) is 6.01. The van der Waals surface area contributed by atoms with Gasteiger partial charge in [-0.05, 0) is 13.8 Å². The highest BCUT2D eigenvalue weighted by Crippen LogP contribution is 2.34. The zero-order valence-electron chi connectivity index (χ0n) is 9.37. The molecule has 0 saturated carbocycles. The van der Waals surface area contributed by atoms with Crippen LogP contribution in [-0.2, 0) is 11.4 Å². The summed E-state index contributed by atoms with van der Waals surface area (Å²) in [4.78, 5) is 10.9. The lowest BCUT2D eigenvalue weighted by Crippen LogP contribution is -2.07. The summed E-state index contributed by atoms with van der Waals surface area (Å²) >= 11 is 3.32. The van der Waals surface area contributed by atoms with Gasteiger partial charge < -0.3 is 9.84 Å². The number of hydrogen-bond acceptors (Lipinski definition) is 3. The zero-order valence-corrected chi connectivity index (χ0v) is 11.0. The minimum absolute atomic E-state index is 0.0102. The van der Waals surface area contributed by atoms with Crippen molar-refractivity contribution in [2.45, 2.75) is 25.3 Å². The molecule has 0 aromatic heterocycles. The first-order chi connectivity index (χ1) is 7.61. The van der Waals surface area contributed by atoms with Crippen molar-refractivity contribution in [1.82, 2.24) is 0 Å². The molecule has 1 N–H and O–H groups in total. The van der Waals surface area contributed by atoms with E-state index in [2.05, 4.69) is 15.9 Å². The number of Topliss-reactive ketones (excluding diaryl/α,β-unsaturated/α-hetero) is 1. The summed E-state index contributed by atoms with van der Waals surface area (Å²) in [6.45, 7) is 3.79. The minimum Gasteiger partial charge on any atom is -0.493 e. The highest BCUT2D eigenvalue weighted by Gasteiger charge is 2.19. The van der Waals surface area contributed by atoms with E-state index < -0.39 is 0 Å². The first-order valence-electron chi connectivity index (χ1n) is 5.11. The smallest absolute Gasteiger partial charge is 0.147 e. The Bertz CT molecular complexity index is 377. The molecular formula is C12H15BrO3. The lowest BCUT2D eigenvalue weighted by atomic mass is 10.0. The average molecular weight is 287 g/mol. The molecule has 0 heterocycles. The number of rotatable bonds is 5. The first-order valence-corrected chi connectivity index (χ1v) is 6.03. The summed E-state index contributed by atoms with van der Waals surface area (Å²) in [7, 11) is 0. The van der Waals surface area contributed by atoms with Gasteiger partial charge >= 0.3 is 0 Å². The number of aliphatic hydroxyl groups is 1. The highest BCUT2D eigenvalue weighted by molar-refractivity contribution is 9.09. The molecule has 1 aromatic rings. The molecular weight excluding hydrogens is 272 g/mol. The van der Waals surface area contributed by atoms with Crippen molar-refractivity contribution in [2.75, 3.05) is 6.61 Å². The number of carbonyl (C=O) groups excluding carboxylic acids is 1. The van der Waals surface area contributed by atoms with E-state index in [0.717, 1.165) is 5.56 Å². The molecule has 0 aliphatic heterocycles. The van der Waals surface area contributed by atoms with Crippen molar-refractivity contribution in [3.05, 3.63) is 29.3 Å². The average Bonchev–Trinajstić information content (AvgIpc) is 2.28. The summed E-state index contributed by atoms with van der Waals surface area (Å²) in [5.41, 5.74) is 1.46. The fourth-order valence-electron chi connectivity index (χ4n) is 1.47. The number of alkyl halides is 1. The van der Waals surface area contributed by atoms with Crippen molar-refractivity contribution in [2.24, 2.45) is 0 Å². The molecule has 4 heteroatoms. The molecule has 88 valence electrons. The van der Waals surface area contributed by atoms with Gasteiger partial charge in [0.05, 0.1) is 13.2 Å². The number of hydrogen-bond donors (Lipinski definition) is 1. The van der Waals surface area contributed by atoms with E-state index in [1.165, 1.54) is 6.92 Å². The van der Waals surface area contributed by atoms with E-state index in [1.54, 1.807) is 12.1 Å². The van der Waals surface area contributed by atoms with Crippen LogP contribution in [-0.4, -0.2) is 17.5 Å². The van der Waals surface area contributed by atoms with Crippen LogP contribution in [0.3, 0.4) is 0 Å². The Hall–Kier alpha value is -0.870. The van der Waals surface area contributed by atoms with Crippen LogP contribution in [0.2, 0.25) is 0 Å². The van der Waals surface area contributed by atoms with E-state index in [9.17, 15) is 9.90 Å². The van der Waals surface area contributed by atoms with Gasteiger partial charge in [-0.2, -0.15) is 0 Å². The van der Waals surface area contributed by atoms with Crippen LogP contribution in [0, 0.1) is 0 Å². The molecule has 0 amide bonds. The number of benzene rings is 1. The first kappa shape index (κ1) is 13.2. The van der Waals surface area contributed by atoms with Gasteiger partial charge in [-0.15, -0.1) is 0 Å². The number of ether oxygens (including phenoxy) is 1. The SMILES string of the molecule is CCOc1c(CO)cccc1C(Br)C(C)=O. The largest absolute Gasteiger partial charge is 0.493 e. The molecule has 16 heavy (non-hydrogen) atoms. The van der Waals surface area contributed by atoms with Crippen molar-refractivity contribution >= 4 is 21.7 Å². The Morgan fingerprint density at radius 2 is 2.25 bits per heavy atom. The molecule has 0 aliphatic carbocycles. The zero-order chi connectivity index (χ0) is 12.1. The number of carbonyl (C=O) groups is 1. The molecule has 1 atom stereocenters. The predicted molar refractivity (Wildman–Crippen MR) is 65.9 cm³/mol. The summed E-state index contributed by atoms with van der Waals surface area (Å²) in [5, 5.41) is 9.21. The molecule has 1 aromatic carbocycles. The third kappa shape index (κ3) is 2.83. The second-order valence-corrected chi connectivity index (χ2v) is 4.32. The maximum absolute atomic E-state index is 11.3. The predicted octanol–water partition coefficient (Wildman–Crippen LogP) is 2.60. The van der Waals surface area contributed by atoms with Gasteiger partial charge in [0, 0.05) is 11.1 Å². The Morgan fingerprint density at radius 3 is 2.75 bits per heavy atom. The van der Waals surface area contributed by atoms with Crippen LogP contribution in [0.4, 0.5) is 0 Å². The van der Waals surface area contributed by atoms with Crippen LogP contribution < -0.4 is 4.74 Å². The van der Waals surface area contributed by atoms with Crippen molar-refractivity contribution in [3.63, 3.8) is 0 Å². The molecule has 1 rings (SSSR count). The van der Waals surface area contributed by atoms with Crippen LogP contribution in [0.25, 0.3) is 0 Å². The number of ketones is 1. The van der Waals surface area contributed by atoms with E-state index in [1.807, 2.05) is 13.0 Å². The Labute approximate surface area is 104 Å². The standard InChI is InChI=1S/C12H15BrO3/c1-3-16-12-9(7-14)5-4-6-10(12)11(13)8(2)15/h4-6,11,14H,3,7H2,1-2H3. The van der Waals surface area contributed by atoms with Gasteiger partial charge in [-0.3, -0.25) is 4.79 Å². The molecule has 3 nitrogen and oxygen atoms in total. The lowest BCUT2D eigenvalue weighted by molar-refractivity contribution is -0.116. The molecule has 0 bridgehead atoms. The van der Waals surface area contributed by atoms with Gasteiger partial charge in [-0.25, -0.2) is 0 Å². The summed E-state index contributed by atoms with van der Waals surface area (Å²) in [5.74, 6) is 0.612. The van der Waals surface area contributed by atoms with Crippen molar-refractivity contribution < 1.29 is 14.6 Å². The van der Waals surface area contributed by atoms with Crippen LogP contribution >= 0.6 is 15.9 Å². The maximum Gasteiger partial charge on any atom is 0.147 e. The van der Waals surface area contributed by atoms with E-state index >= 15 is 0 Å². The summed E-state index contributed by atoms with van der Waals surface area (Å²) in [6, 6.07) is 5.42. The minimum atomic E-state index is -0.388. The summed E-state index contributed by atoms with van der Waals surface area (Å²) < 4.78 is 5.49. The fraction of sp³-hybridized carbons (Fsp3) is 0.417. The van der Waals surface area contributed by atoms with Crippen LogP contribution in [0.15, 0.2) is 18.2 Å². The van der Waals surface area contributed by atoms with Gasteiger partial charge in [0.1, 0.15) is 16.4 Å². The summed E-state index contributed by atoms with van der Waals surface area (Å²) in [6.07, 6.45) is 0. The highest BCUT2D eigenvalue weighted by atomic mass is 79.9. The molecule has 1 unspecified atom stereocenters. The van der Waals surface area contributed by atoms with E-state index in [4.69, 9.17) is 4.74 Å². The second-order valence-electron chi connectivity index (χ2n) is 3.40. The van der Waals surface area contributed by atoms with Gasteiger partial charge in [0.15, 0.2) is 0 Å².